The molecule has 0 aromatic rings. The van der Waals surface area contributed by atoms with Crippen molar-refractivity contribution in [2.24, 2.45) is 5.92 Å². The number of hydrogen-bond donors (Lipinski definition) is 1. The number of hydrogen-bond acceptors (Lipinski definition) is 4. The summed E-state index contributed by atoms with van der Waals surface area (Å²) in [5.41, 5.74) is 0. The SMILES string of the molecule is CNCC1CCCN(CC(=O)N2CC(C)OC(C)C2)C1.Cl. The lowest BCUT2D eigenvalue weighted by atomic mass is 9.98. The molecule has 2 saturated heterocycles. The van der Waals surface area contributed by atoms with Crippen LogP contribution in [0.5, 0.6) is 0 Å². The average molecular weight is 320 g/mol. The molecule has 0 radical (unpaired) electrons. The number of piperidine rings is 1. The zero-order chi connectivity index (χ0) is 14.5. The number of rotatable bonds is 4. The highest BCUT2D eigenvalue weighted by Crippen LogP contribution is 2.16. The minimum Gasteiger partial charge on any atom is -0.372 e. The second-order valence-electron chi connectivity index (χ2n) is 6.36. The van der Waals surface area contributed by atoms with E-state index in [0.29, 0.717) is 12.5 Å². The van der Waals surface area contributed by atoms with Gasteiger partial charge in [0.25, 0.3) is 0 Å². The lowest BCUT2D eigenvalue weighted by molar-refractivity contribution is -0.144. The van der Waals surface area contributed by atoms with E-state index in [-0.39, 0.29) is 30.5 Å². The third kappa shape index (κ3) is 5.74. The lowest BCUT2D eigenvalue weighted by Gasteiger charge is -2.38. The summed E-state index contributed by atoms with van der Waals surface area (Å²) in [6.07, 6.45) is 2.79. The van der Waals surface area contributed by atoms with Crippen molar-refractivity contribution < 1.29 is 9.53 Å². The highest BCUT2D eigenvalue weighted by atomic mass is 35.5. The number of likely N-dealkylation sites (tertiary alicyclic amines) is 1. The molecule has 124 valence electrons. The Morgan fingerprint density at radius 2 is 1.90 bits per heavy atom. The highest BCUT2D eigenvalue weighted by Gasteiger charge is 2.28. The van der Waals surface area contributed by atoms with Crippen molar-refractivity contribution in [1.82, 2.24) is 15.1 Å². The molecule has 2 fully saturated rings. The van der Waals surface area contributed by atoms with Gasteiger partial charge in [-0.2, -0.15) is 0 Å². The molecule has 2 heterocycles. The Balaban J connectivity index is 0.00000220. The summed E-state index contributed by atoms with van der Waals surface area (Å²) in [4.78, 5) is 16.7. The first-order valence-corrected chi connectivity index (χ1v) is 7.88. The van der Waals surface area contributed by atoms with Crippen LogP contribution in [0.2, 0.25) is 0 Å². The van der Waals surface area contributed by atoms with Gasteiger partial charge in [-0.1, -0.05) is 0 Å². The van der Waals surface area contributed by atoms with Gasteiger partial charge in [0.15, 0.2) is 0 Å². The summed E-state index contributed by atoms with van der Waals surface area (Å²) in [6.45, 7) is 9.27. The van der Waals surface area contributed by atoms with Crippen LogP contribution in [0.25, 0.3) is 0 Å². The normalized spacial score (nSPS) is 30.8. The van der Waals surface area contributed by atoms with Crippen LogP contribution in [-0.4, -0.2) is 74.2 Å². The van der Waals surface area contributed by atoms with Gasteiger partial charge in [-0.15, -0.1) is 12.4 Å². The summed E-state index contributed by atoms with van der Waals surface area (Å²) in [6, 6.07) is 0. The molecule has 5 nitrogen and oxygen atoms in total. The minimum atomic E-state index is 0. The lowest BCUT2D eigenvalue weighted by Crippen LogP contribution is -2.52. The first kappa shape index (κ1) is 18.7. The molecule has 6 heteroatoms. The maximum atomic E-state index is 12.4. The van der Waals surface area contributed by atoms with E-state index in [1.165, 1.54) is 12.8 Å². The van der Waals surface area contributed by atoms with Gasteiger partial charge in [-0.25, -0.2) is 0 Å². The van der Waals surface area contributed by atoms with E-state index in [0.717, 1.165) is 32.7 Å². The number of carbonyl (C=O) groups excluding carboxylic acids is 1. The van der Waals surface area contributed by atoms with Crippen molar-refractivity contribution in [1.29, 1.82) is 0 Å². The van der Waals surface area contributed by atoms with E-state index in [9.17, 15) is 4.79 Å². The number of amides is 1. The van der Waals surface area contributed by atoms with E-state index in [1.807, 2.05) is 25.8 Å². The molecule has 0 aromatic heterocycles. The second kappa shape index (κ2) is 8.93. The number of nitrogens with one attached hydrogen (secondary N) is 1. The number of nitrogens with zero attached hydrogens (tertiary/aromatic N) is 2. The largest absolute Gasteiger partial charge is 0.372 e. The molecule has 3 atom stereocenters. The molecular formula is C15H30ClN3O2. The Hall–Kier alpha value is -0.360. The van der Waals surface area contributed by atoms with E-state index in [2.05, 4.69) is 10.2 Å². The van der Waals surface area contributed by atoms with Crippen LogP contribution in [-0.2, 0) is 9.53 Å². The predicted octanol–water partition coefficient (Wildman–Crippen LogP) is 0.975. The standard InChI is InChI=1S/C15H29N3O2.ClH/c1-12-8-18(9-13(2)20-12)15(19)11-17-6-4-5-14(10-17)7-16-3;/h12-14,16H,4-11H2,1-3H3;1H. The molecule has 2 aliphatic heterocycles. The number of carbonyl (C=O) groups is 1. The van der Waals surface area contributed by atoms with E-state index < -0.39 is 0 Å². The van der Waals surface area contributed by atoms with Crippen LogP contribution in [0.15, 0.2) is 0 Å². The molecule has 0 bridgehead atoms. The van der Waals surface area contributed by atoms with Gasteiger partial charge >= 0.3 is 0 Å². The summed E-state index contributed by atoms with van der Waals surface area (Å²) >= 11 is 0. The summed E-state index contributed by atoms with van der Waals surface area (Å²) in [5, 5.41) is 3.25. The highest BCUT2D eigenvalue weighted by molar-refractivity contribution is 5.85. The average Bonchev–Trinajstić information content (AvgIpc) is 2.38. The van der Waals surface area contributed by atoms with E-state index in [1.54, 1.807) is 0 Å². The molecule has 1 amide bonds. The second-order valence-corrected chi connectivity index (χ2v) is 6.36. The van der Waals surface area contributed by atoms with Gasteiger partial charge in [-0.05, 0) is 52.7 Å². The van der Waals surface area contributed by atoms with Crippen LogP contribution < -0.4 is 5.32 Å². The van der Waals surface area contributed by atoms with Crippen molar-refractivity contribution >= 4 is 18.3 Å². The predicted molar refractivity (Wildman–Crippen MR) is 86.9 cm³/mol. The van der Waals surface area contributed by atoms with Crippen LogP contribution >= 0.6 is 12.4 Å². The number of morpholine rings is 1. The monoisotopic (exact) mass is 319 g/mol. The topological polar surface area (TPSA) is 44.8 Å². The summed E-state index contributed by atoms with van der Waals surface area (Å²) in [7, 11) is 2.00. The first-order chi connectivity index (χ1) is 9.58. The molecule has 0 aliphatic carbocycles. The number of halogens is 1. The van der Waals surface area contributed by atoms with Crippen molar-refractivity contribution in [3.8, 4) is 0 Å². The maximum Gasteiger partial charge on any atom is 0.236 e. The maximum absolute atomic E-state index is 12.4. The fourth-order valence-electron chi connectivity index (χ4n) is 3.42. The molecule has 0 saturated carbocycles. The smallest absolute Gasteiger partial charge is 0.236 e. The van der Waals surface area contributed by atoms with Gasteiger partial charge in [0.05, 0.1) is 18.8 Å². The fraction of sp³-hybridized carbons (Fsp3) is 0.933. The molecule has 1 N–H and O–H groups in total. The minimum absolute atomic E-state index is 0. The molecular weight excluding hydrogens is 290 g/mol. The Bertz CT molecular complexity index is 318. The first-order valence-electron chi connectivity index (χ1n) is 7.88. The van der Waals surface area contributed by atoms with Crippen LogP contribution in [0, 0.1) is 5.92 Å². The Kier molecular flexibility index (Phi) is 7.95. The van der Waals surface area contributed by atoms with Crippen LogP contribution in [0.3, 0.4) is 0 Å². The zero-order valence-electron chi connectivity index (χ0n) is 13.5. The van der Waals surface area contributed by atoms with Crippen molar-refractivity contribution in [3.05, 3.63) is 0 Å². The molecule has 2 aliphatic rings. The van der Waals surface area contributed by atoms with Gasteiger partial charge in [0, 0.05) is 19.6 Å². The fourth-order valence-corrected chi connectivity index (χ4v) is 3.42. The van der Waals surface area contributed by atoms with Crippen molar-refractivity contribution in [2.45, 2.75) is 38.9 Å². The Labute approximate surface area is 134 Å². The van der Waals surface area contributed by atoms with Crippen molar-refractivity contribution in [3.63, 3.8) is 0 Å². The third-order valence-electron chi connectivity index (χ3n) is 4.23. The summed E-state index contributed by atoms with van der Waals surface area (Å²) < 4.78 is 5.69. The molecule has 0 aromatic carbocycles. The Morgan fingerprint density at radius 1 is 1.24 bits per heavy atom. The molecule has 21 heavy (non-hydrogen) atoms. The van der Waals surface area contributed by atoms with Gasteiger partial charge in [-0.3, -0.25) is 9.69 Å². The zero-order valence-corrected chi connectivity index (χ0v) is 14.3. The summed E-state index contributed by atoms with van der Waals surface area (Å²) in [5.74, 6) is 0.946. The number of ether oxygens (including phenoxy) is 1. The quantitative estimate of drug-likeness (QED) is 0.839. The van der Waals surface area contributed by atoms with E-state index >= 15 is 0 Å². The van der Waals surface area contributed by atoms with Gasteiger partial charge in [0.2, 0.25) is 5.91 Å². The third-order valence-corrected chi connectivity index (χ3v) is 4.23. The van der Waals surface area contributed by atoms with Crippen LogP contribution in [0.1, 0.15) is 26.7 Å². The Morgan fingerprint density at radius 3 is 2.52 bits per heavy atom. The van der Waals surface area contributed by atoms with Crippen LogP contribution in [0.4, 0.5) is 0 Å². The van der Waals surface area contributed by atoms with Gasteiger partial charge in [0.1, 0.15) is 0 Å². The van der Waals surface area contributed by atoms with Gasteiger partial charge < -0.3 is 15.0 Å². The molecule has 0 spiro atoms. The molecule has 2 rings (SSSR count). The molecule has 3 unspecified atom stereocenters. The van der Waals surface area contributed by atoms with Crippen molar-refractivity contribution in [2.75, 3.05) is 46.3 Å². The van der Waals surface area contributed by atoms with E-state index in [4.69, 9.17) is 4.74 Å².